The largest absolute Gasteiger partial charge is 0.469 e. The molecule has 1 N–H and O–H groups in total. The Morgan fingerprint density at radius 3 is 1.64 bits per heavy atom. The van der Waals surface area contributed by atoms with Crippen molar-refractivity contribution in [3.05, 3.63) is 96.1 Å². The number of methoxy groups -OCH3 is 1. The molecular formula is C31H33NO4. The number of hydrogen-bond donors (Lipinski definition) is 1. The van der Waals surface area contributed by atoms with E-state index in [2.05, 4.69) is 53.8 Å². The maximum atomic E-state index is 13.5. The van der Waals surface area contributed by atoms with Crippen molar-refractivity contribution in [1.29, 1.82) is 0 Å². The van der Waals surface area contributed by atoms with Crippen molar-refractivity contribution in [3.8, 4) is 0 Å². The molecule has 0 radical (unpaired) electrons. The van der Waals surface area contributed by atoms with Crippen LogP contribution >= 0.6 is 0 Å². The Morgan fingerprint density at radius 1 is 0.722 bits per heavy atom. The topological polar surface area (TPSA) is 64.6 Å². The van der Waals surface area contributed by atoms with Crippen LogP contribution in [0.15, 0.2) is 84.9 Å². The van der Waals surface area contributed by atoms with Gasteiger partial charge in [0.15, 0.2) is 0 Å². The van der Waals surface area contributed by atoms with E-state index in [1.54, 1.807) is 0 Å². The second-order valence-corrected chi connectivity index (χ2v) is 10.3. The molecule has 0 bridgehead atoms. The summed E-state index contributed by atoms with van der Waals surface area (Å²) in [6.07, 6.45) is 0.230. The molecule has 4 aromatic rings. The quantitative estimate of drug-likeness (QED) is 0.306. The molecule has 1 amide bonds. The number of hydrogen-bond acceptors (Lipinski definition) is 4. The zero-order chi connectivity index (χ0) is 25.8. The van der Waals surface area contributed by atoms with Gasteiger partial charge in [0.2, 0.25) is 0 Å². The monoisotopic (exact) mass is 483 g/mol. The van der Waals surface area contributed by atoms with E-state index >= 15 is 0 Å². The van der Waals surface area contributed by atoms with Gasteiger partial charge in [0.25, 0.3) is 0 Å². The Balaban J connectivity index is 1.72. The number of alkyl carbamates (subject to hydrolysis) is 1. The lowest BCUT2D eigenvalue weighted by molar-refractivity contribution is -0.152. The molecule has 0 fully saturated rings. The van der Waals surface area contributed by atoms with Gasteiger partial charge in [-0.3, -0.25) is 4.79 Å². The van der Waals surface area contributed by atoms with E-state index in [0.29, 0.717) is 12.8 Å². The van der Waals surface area contributed by atoms with Crippen molar-refractivity contribution >= 4 is 33.6 Å². The number of carbonyl (C=O) groups is 2. The Morgan fingerprint density at radius 2 is 1.19 bits per heavy atom. The molecule has 0 heterocycles. The predicted octanol–water partition coefficient (Wildman–Crippen LogP) is 6.46. The maximum Gasteiger partial charge on any atom is 0.407 e. The van der Waals surface area contributed by atoms with E-state index in [9.17, 15) is 9.59 Å². The second-order valence-electron chi connectivity index (χ2n) is 10.3. The average Bonchev–Trinajstić information content (AvgIpc) is 2.85. The fourth-order valence-electron chi connectivity index (χ4n) is 4.66. The van der Waals surface area contributed by atoms with Crippen LogP contribution in [0, 0.1) is 5.41 Å². The summed E-state index contributed by atoms with van der Waals surface area (Å²) in [4.78, 5) is 26.0. The molecule has 0 aliphatic rings. The number of carbonyl (C=O) groups excluding carboxylic acids is 2. The van der Waals surface area contributed by atoms with Gasteiger partial charge >= 0.3 is 12.1 Å². The van der Waals surface area contributed by atoms with Gasteiger partial charge in [0.05, 0.1) is 12.5 Å². The van der Waals surface area contributed by atoms with Gasteiger partial charge < -0.3 is 14.8 Å². The molecule has 186 valence electrons. The van der Waals surface area contributed by atoms with Gasteiger partial charge in [0, 0.05) is 6.54 Å². The number of fused-ring (bicyclic) bond motifs is 2. The third-order valence-corrected chi connectivity index (χ3v) is 6.30. The number of benzene rings is 4. The van der Waals surface area contributed by atoms with Crippen molar-refractivity contribution in [2.24, 2.45) is 5.41 Å². The molecule has 4 rings (SSSR count). The molecule has 0 spiro atoms. The summed E-state index contributed by atoms with van der Waals surface area (Å²) in [5.41, 5.74) is 0.308. The summed E-state index contributed by atoms with van der Waals surface area (Å²) in [7, 11) is 1.39. The van der Waals surface area contributed by atoms with Crippen molar-refractivity contribution in [1.82, 2.24) is 5.32 Å². The first-order valence-corrected chi connectivity index (χ1v) is 12.2. The van der Waals surface area contributed by atoms with E-state index in [1.165, 1.54) is 7.11 Å². The Labute approximate surface area is 212 Å². The van der Waals surface area contributed by atoms with Crippen molar-refractivity contribution < 1.29 is 19.1 Å². The fraction of sp³-hybridized carbons (Fsp3) is 0.290. The predicted molar refractivity (Wildman–Crippen MR) is 144 cm³/mol. The van der Waals surface area contributed by atoms with E-state index in [4.69, 9.17) is 9.47 Å². The average molecular weight is 484 g/mol. The highest BCUT2D eigenvalue weighted by atomic mass is 16.6. The van der Waals surface area contributed by atoms with Gasteiger partial charge in [-0.2, -0.15) is 0 Å². The first-order valence-electron chi connectivity index (χ1n) is 12.2. The van der Waals surface area contributed by atoms with E-state index in [-0.39, 0.29) is 12.5 Å². The standard InChI is InChI=1S/C31H33NO4/c1-30(2,3)36-29(34)32-21-31(28(33)35-4,19-22-13-15-24-9-5-7-11-26(24)17-22)20-23-14-16-25-10-6-8-12-27(25)18-23/h5-18H,19-21H2,1-4H3,(H,32,34). The van der Waals surface area contributed by atoms with Crippen LogP contribution in [0.4, 0.5) is 4.79 Å². The van der Waals surface area contributed by atoms with Gasteiger partial charge in [-0.25, -0.2) is 4.79 Å². The molecule has 0 aliphatic heterocycles. The van der Waals surface area contributed by atoms with Crippen LogP contribution in [0.25, 0.3) is 21.5 Å². The van der Waals surface area contributed by atoms with Crippen LogP contribution in [0.5, 0.6) is 0 Å². The summed E-state index contributed by atoms with van der Waals surface area (Å²) in [6, 6.07) is 28.6. The molecule has 0 unspecified atom stereocenters. The van der Waals surface area contributed by atoms with E-state index in [0.717, 1.165) is 32.7 Å². The van der Waals surface area contributed by atoms with Gasteiger partial charge in [-0.05, 0) is 66.3 Å². The first-order chi connectivity index (χ1) is 17.2. The number of ether oxygens (including phenoxy) is 2. The zero-order valence-electron chi connectivity index (χ0n) is 21.3. The van der Waals surface area contributed by atoms with Crippen LogP contribution < -0.4 is 5.32 Å². The lowest BCUT2D eigenvalue weighted by Gasteiger charge is -2.32. The molecule has 0 saturated carbocycles. The van der Waals surface area contributed by atoms with Crippen LogP contribution in [0.2, 0.25) is 0 Å². The Kier molecular flexibility index (Phi) is 7.30. The normalized spacial score (nSPS) is 11.9. The highest BCUT2D eigenvalue weighted by Crippen LogP contribution is 2.32. The van der Waals surface area contributed by atoms with Crippen molar-refractivity contribution in [2.45, 2.75) is 39.2 Å². The van der Waals surface area contributed by atoms with Gasteiger partial charge in [-0.15, -0.1) is 0 Å². The molecule has 0 aromatic heterocycles. The van der Waals surface area contributed by atoms with Crippen LogP contribution in [0.1, 0.15) is 31.9 Å². The summed E-state index contributed by atoms with van der Waals surface area (Å²) < 4.78 is 10.8. The number of amides is 1. The third kappa shape index (κ3) is 6.03. The minimum atomic E-state index is -1.03. The lowest BCUT2D eigenvalue weighted by Crippen LogP contribution is -2.48. The molecule has 5 nitrogen and oxygen atoms in total. The van der Waals surface area contributed by atoms with Crippen molar-refractivity contribution in [2.75, 3.05) is 13.7 Å². The zero-order valence-corrected chi connectivity index (χ0v) is 21.3. The summed E-state index contributed by atoms with van der Waals surface area (Å²) in [5, 5.41) is 7.30. The first kappa shape index (κ1) is 25.2. The van der Waals surface area contributed by atoms with Gasteiger partial charge in [0.1, 0.15) is 5.60 Å². The maximum absolute atomic E-state index is 13.5. The van der Waals surface area contributed by atoms with E-state index in [1.807, 2.05) is 57.2 Å². The number of nitrogens with one attached hydrogen (secondary N) is 1. The summed E-state index contributed by atoms with van der Waals surface area (Å²) >= 11 is 0. The highest BCUT2D eigenvalue weighted by Gasteiger charge is 2.41. The SMILES string of the molecule is COC(=O)C(CNC(=O)OC(C)(C)C)(Cc1ccc2ccccc2c1)Cc1ccc2ccccc2c1. The number of esters is 1. The Bertz CT molecular complexity index is 1310. The summed E-state index contributed by atoms with van der Waals surface area (Å²) in [6.45, 7) is 5.51. The molecule has 0 atom stereocenters. The molecular weight excluding hydrogens is 450 g/mol. The molecule has 0 aliphatic carbocycles. The lowest BCUT2D eigenvalue weighted by atomic mass is 9.75. The Hall–Kier alpha value is -3.86. The van der Waals surface area contributed by atoms with E-state index < -0.39 is 17.1 Å². The molecule has 36 heavy (non-hydrogen) atoms. The minimum Gasteiger partial charge on any atom is -0.469 e. The second kappa shape index (κ2) is 10.4. The number of rotatable bonds is 7. The third-order valence-electron chi connectivity index (χ3n) is 6.30. The molecule has 0 saturated heterocycles. The molecule has 5 heteroatoms. The van der Waals surface area contributed by atoms with Crippen molar-refractivity contribution in [3.63, 3.8) is 0 Å². The minimum absolute atomic E-state index is 0.0776. The van der Waals surface area contributed by atoms with Gasteiger partial charge in [-0.1, -0.05) is 84.9 Å². The molecule has 4 aromatic carbocycles. The van der Waals surface area contributed by atoms with Crippen LogP contribution in [0.3, 0.4) is 0 Å². The highest BCUT2D eigenvalue weighted by molar-refractivity contribution is 5.85. The smallest absolute Gasteiger partial charge is 0.407 e. The van der Waals surface area contributed by atoms with Crippen LogP contribution in [-0.2, 0) is 27.1 Å². The fourth-order valence-corrected chi connectivity index (χ4v) is 4.66. The summed E-state index contributed by atoms with van der Waals surface area (Å²) in [5.74, 6) is -0.375. The van der Waals surface area contributed by atoms with Crippen LogP contribution in [-0.4, -0.2) is 31.3 Å².